The van der Waals surface area contributed by atoms with Gasteiger partial charge in [0.1, 0.15) is 0 Å². The fourth-order valence-corrected chi connectivity index (χ4v) is 3.06. The molecule has 1 aliphatic rings. The van der Waals surface area contributed by atoms with Gasteiger partial charge in [-0.1, -0.05) is 6.92 Å². The Balaban J connectivity index is 1.69. The van der Waals surface area contributed by atoms with Gasteiger partial charge in [-0.3, -0.25) is 0 Å². The molecule has 2 heterocycles. The summed E-state index contributed by atoms with van der Waals surface area (Å²) in [5, 5.41) is 6.84. The fourth-order valence-electron chi connectivity index (χ4n) is 2.24. The molecule has 1 fully saturated rings. The van der Waals surface area contributed by atoms with Crippen molar-refractivity contribution in [1.82, 2.24) is 15.6 Å². The molecule has 2 atom stereocenters. The average molecular weight is 297 g/mol. The van der Waals surface area contributed by atoms with Crippen LogP contribution in [0, 0.1) is 6.92 Å². The number of aryl methyl sites for hydroxylation is 1. The summed E-state index contributed by atoms with van der Waals surface area (Å²) in [5.41, 5.74) is -0.199. The van der Waals surface area contributed by atoms with Crippen LogP contribution >= 0.6 is 11.3 Å². The molecule has 6 heteroatoms. The molecule has 1 aromatic rings. The highest BCUT2D eigenvalue weighted by Crippen LogP contribution is 2.24. The van der Waals surface area contributed by atoms with E-state index < -0.39 is 0 Å². The zero-order chi connectivity index (χ0) is 14.6. The van der Waals surface area contributed by atoms with Crippen molar-refractivity contribution in [2.45, 2.75) is 45.1 Å². The Labute approximate surface area is 124 Å². The zero-order valence-corrected chi connectivity index (χ0v) is 13.2. The molecule has 0 saturated carbocycles. The summed E-state index contributed by atoms with van der Waals surface area (Å²) >= 11 is 1.68. The number of hydrogen-bond acceptors (Lipinski definition) is 4. The molecule has 1 aliphatic heterocycles. The fraction of sp³-hybridized carbons (Fsp3) is 0.714. The van der Waals surface area contributed by atoms with Gasteiger partial charge in [0.2, 0.25) is 0 Å². The maximum Gasteiger partial charge on any atom is 0.314 e. The third-order valence-corrected chi connectivity index (χ3v) is 4.70. The molecule has 5 nitrogen and oxygen atoms in total. The van der Waals surface area contributed by atoms with E-state index in [9.17, 15) is 4.79 Å². The minimum absolute atomic E-state index is 0.137. The van der Waals surface area contributed by atoms with Crippen molar-refractivity contribution in [3.05, 3.63) is 16.1 Å². The molecule has 1 aromatic heterocycles. The number of hydrogen-bond donors (Lipinski definition) is 2. The van der Waals surface area contributed by atoms with Gasteiger partial charge >= 0.3 is 6.03 Å². The molecular formula is C14H23N3O2S. The summed E-state index contributed by atoms with van der Waals surface area (Å²) in [4.78, 5) is 17.3. The normalized spacial score (nSPS) is 23.6. The molecule has 0 spiro atoms. The van der Waals surface area contributed by atoms with Gasteiger partial charge in [-0.05, 0) is 26.7 Å². The average Bonchev–Trinajstić information content (AvgIpc) is 3.03. The highest BCUT2D eigenvalue weighted by atomic mass is 32.1. The lowest BCUT2D eigenvalue weighted by molar-refractivity contribution is 0.0229. The minimum atomic E-state index is -0.199. The van der Waals surface area contributed by atoms with Crippen LogP contribution in [0.2, 0.25) is 0 Å². The van der Waals surface area contributed by atoms with Gasteiger partial charge in [0.05, 0.1) is 10.6 Å². The second kappa shape index (κ2) is 6.54. The molecule has 2 N–H and O–H groups in total. The topological polar surface area (TPSA) is 63.2 Å². The summed E-state index contributed by atoms with van der Waals surface area (Å²) in [6.45, 7) is 8.09. The number of nitrogens with zero attached hydrogens (tertiary/aromatic N) is 1. The lowest BCUT2D eigenvalue weighted by atomic mass is 10.0. The number of carbonyl (C=O) groups excluding carboxylic acids is 1. The summed E-state index contributed by atoms with van der Waals surface area (Å²) in [5.74, 6) is 0.234. The van der Waals surface area contributed by atoms with Crippen LogP contribution in [0.1, 0.15) is 42.5 Å². The van der Waals surface area contributed by atoms with E-state index in [1.54, 1.807) is 11.3 Å². The van der Waals surface area contributed by atoms with Crippen molar-refractivity contribution in [3.63, 3.8) is 0 Å². The van der Waals surface area contributed by atoms with Crippen LogP contribution in [0.5, 0.6) is 0 Å². The summed E-state index contributed by atoms with van der Waals surface area (Å²) in [6.07, 6.45) is 3.94. The maximum absolute atomic E-state index is 11.8. The predicted molar refractivity (Wildman–Crippen MR) is 80.3 cm³/mol. The van der Waals surface area contributed by atoms with Crippen molar-refractivity contribution in [2.75, 3.05) is 19.7 Å². The van der Waals surface area contributed by atoms with Crippen LogP contribution in [0.15, 0.2) is 6.20 Å². The Kier molecular flexibility index (Phi) is 4.99. The van der Waals surface area contributed by atoms with Crippen molar-refractivity contribution in [1.29, 1.82) is 0 Å². The van der Waals surface area contributed by atoms with E-state index in [0.29, 0.717) is 13.1 Å². The van der Waals surface area contributed by atoms with Crippen molar-refractivity contribution in [2.24, 2.45) is 0 Å². The highest BCUT2D eigenvalue weighted by molar-refractivity contribution is 7.11. The van der Waals surface area contributed by atoms with E-state index in [1.165, 1.54) is 4.88 Å². The standard InChI is InChI=1S/C14H23N3O2S/c1-10(12-15-8-11(2)20-12)7-16-13(18)17-9-14(3)5-4-6-19-14/h8,10H,4-7,9H2,1-3H3,(H2,16,17,18)/t10-,14-/m1/s1. The van der Waals surface area contributed by atoms with Gasteiger partial charge < -0.3 is 15.4 Å². The van der Waals surface area contributed by atoms with Crippen molar-refractivity contribution >= 4 is 17.4 Å². The SMILES string of the molecule is Cc1cnc([C@H](C)CNC(=O)NC[C@@]2(C)CCCO2)s1. The van der Waals surface area contributed by atoms with Gasteiger partial charge in [-0.25, -0.2) is 9.78 Å². The Hall–Kier alpha value is -1.14. The van der Waals surface area contributed by atoms with Gasteiger partial charge in [-0.2, -0.15) is 0 Å². The molecule has 112 valence electrons. The Morgan fingerprint density at radius 2 is 2.40 bits per heavy atom. The molecule has 2 rings (SSSR count). The molecular weight excluding hydrogens is 274 g/mol. The lowest BCUT2D eigenvalue weighted by Crippen LogP contribution is -2.45. The quantitative estimate of drug-likeness (QED) is 0.877. The summed E-state index contributed by atoms with van der Waals surface area (Å²) < 4.78 is 5.64. The monoisotopic (exact) mass is 297 g/mol. The number of aromatic nitrogens is 1. The predicted octanol–water partition coefficient (Wildman–Crippen LogP) is 2.42. The first-order chi connectivity index (χ1) is 9.48. The van der Waals surface area contributed by atoms with Crippen LogP contribution in [0.3, 0.4) is 0 Å². The van der Waals surface area contributed by atoms with E-state index in [-0.39, 0.29) is 17.6 Å². The summed E-state index contributed by atoms with van der Waals surface area (Å²) in [6, 6.07) is -0.137. The van der Waals surface area contributed by atoms with E-state index in [2.05, 4.69) is 22.5 Å². The molecule has 0 aromatic carbocycles. The highest BCUT2D eigenvalue weighted by Gasteiger charge is 2.29. The minimum Gasteiger partial charge on any atom is -0.373 e. The smallest absolute Gasteiger partial charge is 0.314 e. The van der Waals surface area contributed by atoms with E-state index in [0.717, 1.165) is 24.5 Å². The summed E-state index contributed by atoms with van der Waals surface area (Å²) in [7, 11) is 0. The second-order valence-electron chi connectivity index (χ2n) is 5.68. The molecule has 0 unspecified atom stereocenters. The second-order valence-corrected chi connectivity index (χ2v) is 6.94. The number of urea groups is 1. The van der Waals surface area contributed by atoms with Crippen molar-refractivity contribution in [3.8, 4) is 0 Å². The number of nitrogens with one attached hydrogen (secondary N) is 2. The van der Waals surface area contributed by atoms with E-state index in [4.69, 9.17) is 4.74 Å². The van der Waals surface area contributed by atoms with Crippen LogP contribution in [0.4, 0.5) is 4.79 Å². The van der Waals surface area contributed by atoms with Crippen LogP contribution in [0.25, 0.3) is 0 Å². The first kappa shape index (κ1) is 15.3. The first-order valence-corrected chi connectivity index (χ1v) is 7.88. The Bertz CT molecular complexity index is 455. The number of thiazole rings is 1. The van der Waals surface area contributed by atoms with E-state index in [1.807, 2.05) is 20.0 Å². The molecule has 2 amide bonds. The first-order valence-electron chi connectivity index (χ1n) is 7.06. The van der Waals surface area contributed by atoms with Crippen molar-refractivity contribution < 1.29 is 9.53 Å². The number of rotatable bonds is 5. The van der Waals surface area contributed by atoms with Crippen LogP contribution < -0.4 is 10.6 Å². The third-order valence-electron chi connectivity index (χ3n) is 3.55. The number of amides is 2. The maximum atomic E-state index is 11.8. The molecule has 1 saturated heterocycles. The number of ether oxygens (including phenoxy) is 1. The third kappa shape index (κ3) is 4.18. The molecule has 0 radical (unpaired) electrons. The van der Waals surface area contributed by atoms with Crippen LogP contribution in [-0.4, -0.2) is 36.3 Å². The van der Waals surface area contributed by atoms with Gasteiger partial charge in [0.25, 0.3) is 0 Å². The number of carbonyl (C=O) groups is 1. The molecule has 0 aliphatic carbocycles. The van der Waals surface area contributed by atoms with E-state index >= 15 is 0 Å². The van der Waals surface area contributed by atoms with Gasteiger partial charge in [-0.15, -0.1) is 11.3 Å². The van der Waals surface area contributed by atoms with Gasteiger partial charge in [0.15, 0.2) is 0 Å². The Morgan fingerprint density at radius 1 is 1.60 bits per heavy atom. The molecule has 0 bridgehead atoms. The lowest BCUT2D eigenvalue weighted by Gasteiger charge is -2.23. The molecule has 20 heavy (non-hydrogen) atoms. The van der Waals surface area contributed by atoms with Gasteiger partial charge in [0, 0.05) is 36.7 Å². The van der Waals surface area contributed by atoms with Crippen LogP contribution in [-0.2, 0) is 4.74 Å². The zero-order valence-electron chi connectivity index (χ0n) is 12.4. The largest absolute Gasteiger partial charge is 0.373 e. The Morgan fingerprint density at radius 3 is 3.00 bits per heavy atom.